The summed E-state index contributed by atoms with van der Waals surface area (Å²) >= 11 is 0. The second-order valence-corrected chi connectivity index (χ2v) is 6.98. The molecule has 2 aromatic carbocycles. The van der Waals surface area contributed by atoms with E-state index in [2.05, 4.69) is 0 Å². The molecule has 0 radical (unpaired) electrons. The second kappa shape index (κ2) is 5.72. The van der Waals surface area contributed by atoms with Gasteiger partial charge in [0.15, 0.2) is 0 Å². The van der Waals surface area contributed by atoms with E-state index in [4.69, 9.17) is 9.31 Å². The first-order valence-corrected chi connectivity index (χ1v) is 7.91. The van der Waals surface area contributed by atoms with E-state index in [9.17, 15) is 10.1 Å². The van der Waals surface area contributed by atoms with Crippen LogP contribution in [-0.4, -0.2) is 23.2 Å². The fourth-order valence-electron chi connectivity index (χ4n) is 2.68. The number of para-hydroxylation sites is 1. The van der Waals surface area contributed by atoms with Gasteiger partial charge in [0.1, 0.15) is 0 Å². The van der Waals surface area contributed by atoms with Crippen LogP contribution < -0.4 is 5.46 Å². The van der Waals surface area contributed by atoms with E-state index in [1.807, 2.05) is 52.0 Å². The van der Waals surface area contributed by atoms with Gasteiger partial charge >= 0.3 is 7.12 Å². The predicted molar refractivity (Wildman–Crippen MR) is 94.2 cm³/mol. The summed E-state index contributed by atoms with van der Waals surface area (Å²) in [6, 6.07) is 14.2. The van der Waals surface area contributed by atoms with Gasteiger partial charge in [0, 0.05) is 6.07 Å². The summed E-state index contributed by atoms with van der Waals surface area (Å²) in [5, 5.41) is 11.2. The van der Waals surface area contributed by atoms with E-state index in [-0.39, 0.29) is 10.6 Å². The lowest BCUT2D eigenvalue weighted by Crippen LogP contribution is -2.41. The van der Waals surface area contributed by atoms with Crippen molar-refractivity contribution >= 4 is 18.3 Å². The van der Waals surface area contributed by atoms with Crippen LogP contribution in [0.1, 0.15) is 27.7 Å². The minimum absolute atomic E-state index is 0.0980. The number of nitro groups is 1. The smallest absolute Gasteiger partial charge is 0.399 e. The van der Waals surface area contributed by atoms with Gasteiger partial charge in [-0.3, -0.25) is 10.1 Å². The van der Waals surface area contributed by atoms with Gasteiger partial charge in [-0.15, -0.1) is 0 Å². The molecule has 0 saturated carbocycles. The molecular formula is C18H20BNO4. The van der Waals surface area contributed by atoms with Crippen molar-refractivity contribution in [1.82, 2.24) is 0 Å². The largest absolute Gasteiger partial charge is 0.494 e. The molecule has 3 rings (SSSR count). The minimum atomic E-state index is -0.435. The number of benzene rings is 2. The van der Waals surface area contributed by atoms with Gasteiger partial charge in [-0.25, -0.2) is 0 Å². The highest BCUT2D eigenvalue weighted by atomic mass is 16.7. The molecule has 0 bridgehead atoms. The van der Waals surface area contributed by atoms with E-state index in [1.165, 1.54) is 6.07 Å². The Bertz CT molecular complexity index is 755. The first-order chi connectivity index (χ1) is 11.2. The molecule has 0 aliphatic carbocycles. The molecular weight excluding hydrogens is 305 g/mol. The average molecular weight is 325 g/mol. The van der Waals surface area contributed by atoms with Gasteiger partial charge < -0.3 is 9.31 Å². The number of hydrogen-bond acceptors (Lipinski definition) is 4. The Hall–Kier alpha value is -2.18. The highest BCUT2D eigenvalue weighted by Crippen LogP contribution is 2.36. The maximum Gasteiger partial charge on any atom is 0.494 e. The summed E-state index contributed by atoms with van der Waals surface area (Å²) in [6.45, 7) is 8.03. The average Bonchev–Trinajstić information content (AvgIpc) is 2.75. The van der Waals surface area contributed by atoms with Crippen molar-refractivity contribution in [2.24, 2.45) is 0 Å². The molecule has 1 fully saturated rings. The molecule has 1 saturated heterocycles. The molecule has 0 N–H and O–H groups in total. The maximum atomic E-state index is 11.2. The van der Waals surface area contributed by atoms with Gasteiger partial charge in [-0.1, -0.05) is 36.4 Å². The van der Waals surface area contributed by atoms with Gasteiger partial charge in [0.05, 0.1) is 21.7 Å². The molecule has 0 spiro atoms. The third-order valence-electron chi connectivity index (χ3n) is 4.85. The zero-order valence-corrected chi connectivity index (χ0v) is 14.3. The van der Waals surface area contributed by atoms with E-state index in [1.54, 1.807) is 18.2 Å². The van der Waals surface area contributed by atoms with Crippen LogP contribution >= 0.6 is 0 Å². The molecule has 1 aliphatic heterocycles. The lowest BCUT2D eigenvalue weighted by atomic mass is 9.78. The molecule has 1 aliphatic rings. The van der Waals surface area contributed by atoms with Gasteiger partial charge in [-0.2, -0.15) is 0 Å². The Morgan fingerprint density at radius 1 is 0.917 bits per heavy atom. The van der Waals surface area contributed by atoms with Crippen molar-refractivity contribution in [3.05, 3.63) is 58.6 Å². The fourth-order valence-corrected chi connectivity index (χ4v) is 2.68. The van der Waals surface area contributed by atoms with Crippen molar-refractivity contribution in [2.75, 3.05) is 0 Å². The van der Waals surface area contributed by atoms with Crippen LogP contribution in [0, 0.1) is 10.1 Å². The number of hydrogen-bond donors (Lipinski definition) is 0. The van der Waals surface area contributed by atoms with Crippen LogP contribution in [0.4, 0.5) is 5.69 Å². The predicted octanol–water partition coefficient (Wildman–Crippen LogP) is 3.56. The summed E-state index contributed by atoms with van der Waals surface area (Å²) in [5.74, 6) is 0. The zero-order chi connectivity index (χ0) is 17.5. The van der Waals surface area contributed by atoms with E-state index in [0.717, 1.165) is 11.0 Å². The van der Waals surface area contributed by atoms with E-state index >= 15 is 0 Å². The van der Waals surface area contributed by atoms with Crippen LogP contribution in [0.3, 0.4) is 0 Å². The Morgan fingerprint density at radius 2 is 1.46 bits per heavy atom. The van der Waals surface area contributed by atoms with Crippen molar-refractivity contribution in [3.63, 3.8) is 0 Å². The first kappa shape index (κ1) is 16.7. The normalized spacial score (nSPS) is 18.6. The number of rotatable bonds is 3. The highest BCUT2D eigenvalue weighted by molar-refractivity contribution is 6.62. The van der Waals surface area contributed by atoms with E-state index < -0.39 is 18.3 Å². The lowest BCUT2D eigenvalue weighted by Gasteiger charge is -2.32. The quantitative estimate of drug-likeness (QED) is 0.492. The Morgan fingerprint density at radius 3 is 2.00 bits per heavy atom. The molecule has 0 amide bonds. The van der Waals surface area contributed by atoms with Gasteiger partial charge in [0.2, 0.25) is 0 Å². The summed E-state index contributed by atoms with van der Waals surface area (Å²) in [7, 11) is -0.435. The third-order valence-corrected chi connectivity index (χ3v) is 4.85. The van der Waals surface area contributed by atoms with Gasteiger partial charge in [0.25, 0.3) is 5.69 Å². The number of nitro benzene ring substituents is 1. The SMILES string of the molecule is CC1(C)OB(c2ccc(-c3ccccc3[N+](=O)[O-])cc2)OC1(C)C. The van der Waals surface area contributed by atoms with Crippen LogP contribution in [0.25, 0.3) is 11.1 Å². The molecule has 124 valence electrons. The zero-order valence-electron chi connectivity index (χ0n) is 14.3. The highest BCUT2D eigenvalue weighted by Gasteiger charge is 2.51. The summed E-state index contributed by atoms with van der Waals surface area (Å²) in [6.07, 6.45) is 0. The Kier molecular flexibility index (Phi) is 3.97. The molecule has 6 heteroatoms. The molecule has 0 aromatic heterocycles. The Labute approximate surface area is 141 Å². The standard InChI is InChI=1S/C18H20BNO4/c1-17(2)18(3,4)24-19(23-17)14-11-9-13(10-12-14)15-7-5-6-8-16(15)20(21)22/h5-12H,1-4H3. The molecule has 5 nitrogen and oxygen atoms in total. The minimum Gasteiger partial charge on any atom is -0.399 e. The van der Waals surface area contributed by atoms with Crippen LogP contribution in [-0.2, 0) is 9.31 Å². The molecule has 0 unspecified atom stereocenters. The summed E-state index contributed by atoms with van der Waals surface area (Å²) in [5.41, 5.74) is 1.60. The summed E-state index contributed by atoms with van der Waals surface area (Å²) < 4.78 is 12.1. The maximum absolute atomic E-state index is 11.2. The van der Waals surface area contributed by atoms with Crippen LogP contribution in [0.15, 0.2) is 48.5 Å². The second-order valence-electron chi connectivity index (χ2n) is 6.98. The molecule has 2 aromatic rings. The fraction of sp³-hybridized carbons (Fsp3) is 0.333. The molecule has 0 atom stereocenters. The number of nitrogens with zero attached hydrogens (tertiary/aromatic N) is 1. The van der Waals surface area contributed by atoms with Crippen molar-refractivity contribution in [3.8, 4) is 11.1 Å². The summed E-state index contributed by atoms with van der Waals surface area (Å²) in [4.78, 5) is 10.8. The lowest BCUT2D eigenvalue weighted by molar-refractivity contribution is -0.384. The monoisotopic (exact) mass is 325 g/mol. The van der Waals surface area contributed by atoms with Crippen molar-refractivity contribution in [1.29, 1.82) is 0 Å². The molecule has 24 heavy (non-hydrogen) atoms. The van der Waals surface area contributed by atoms with E-state index in [0.29, 0.717) is 5.56 Å². The van der Waals surface area contributed by atoms with Crippen LogP contribution in [0.5, 0.6) is 0 Å². The van der Waals surface area contributed by atoms with Crippen molar-refractivity contribution in [2.45, 2.75) is 38.9 Å². The Balaban J connectivity index is 1.89. The first-order valence-electron chi connectivity index (χ1n) is 7.91. The van der Waals surface area contributed by atoms with Crippen LogP contribution in [0.2, 0.25) is 0 Å². The topological polar surface area (TPSA) is 61.6 Å². The van der Waals surface area contributed by atoms with Gasteiger partial charge in [-0.05, 0) is 44.8 Å². The van der Waals surface area contributed by atoms with Crippen molar-refractivity contribution < 1.29 is 14.2 Å². The molecule has 1 heterocycles. The third kappa shape index (κ3) is 2.83.